The number of amides is 1. The molecule has 1 heterocycles. The summed E-state index contributed by atoms with van der Waals surface area (Å²) in [5.74, 6) is -0.245. The molecule has 4 nitrogen and oxygen atoms in total. The molecule has 21 heavy (non-hydrogen) atoms. The molecule has 0 aliphatic carbocycles. The van der Waals surface area contributed by atoms with Crippen molar-refractivity contribution in [2.45, 2.75) is 26.8 Å². The van der Waals surface area contributed by atoms with Crippen LogP contribution in [0.2, 0.25) is 0 Å². The molecule has 2 N–H and O–H groups in total. The maximum Gasteiger partial charge on any atom is 0.252 e. The fourth-order valence-electron chi connectivity index (χ4n) is 2.25. The van der Waals surface area contributed by atoms with Crippen molar-refractivity contribution < 1.29 is 4.79 Å². The number of aromatic nitrogens is 1. The Morgan fingerprint density at radius 1 is 1.14 bits per heavy atom. The van der Waals surface area contributed by atoms with Gasteiger partial charge in [-0.3, -0.25) is 9.59 Å². The van der Waals surface area contributed by atoms with Crippen molar-refractivity contribution in [1.82, 2.24) is 10.3 Å². The Hall–Kier alpha value is -2.36. The predicted octanol–water partition coefficient (Wildman–Crippen LogP) is 2.89. The lowest BCUT2D eigenvalue weighted by molar-refractivity contribution is 0.0901. The quantitative estimate of drug-likeness (QED) is 0.910. The van der Waals surface area contributed by atoms with Crippen molar-refractivity contribution in [3.8, 4) is 0 Å². The van der Waals surface area contributed by atoms with Crippen LogP contribution in [0.15, 0.2) is 53.5 Å². The first-order chi connectivity index (χ1) is 9.88. The van der Waals surface area contributed by atoms with E-state index in [1.165, 1.54) is 12.3 Å². The number of hydrogen-bond acceptors (Lipinski definition) is 2. The van der Waals surface area contributed by atoms with Crippen LogP contribution in [-0.4, -0.2) is 10.9 Å². The first-order valence-corrected chi connectivity index (χ1v) is 6.92. The molecule has 2 rings (SSSR count). The van der Waals surface area contributed by atoms with E-state index in [0.29, 0.717) is 5.56 Å². The summed E-state index contributed by atoms with van der Waals surface area (Å²) >= 11 is 0. The van der Waals surface area contributed by atoms with Gasteiger partial charge in [-0.15, -0.1) is 0 Å². The van der Waals surface area contributed by atoms with E-state index in [1.54, 1.807) is 6.07 Å². The number of pyridine rings is 1. The number of hydrogen-bond donors (Lipinski definition) is 2. The van der Waals surface area contributed by atoms with Gasteiger partial charge in [-0.2, -0.15) is 0 Å². The summed E-state index contributed by atoms with van der Waals surface area (Å²) in [6, 6.07) is 12.6. The van der Waals surface area contributed by atoms with Crippen molar-refractivity contribution in [1.29, 1.82) is 0 Å². The highest BCUT2D eigenvalue weighted by molar-refractivity contribution is 5.94. The molecule has 0 spiro atoms. The molecule has 1 atom stereocenters. The number of carbonyl (C=O) groups excluding carboxylic acids is 1. The number of carbonyl (C=O) groups is 1. The average Bonchev–Trinajstić information content (AvgIpc) is 2.44. The predicted molar refractivity (Wildman–Crippen MR) is 83.2 cm³/mol. The third-order valence-electron chi connectivity index (χ3n) is 3.31. The molecule has 1 aromatic heterocycles. The SMILES string of the molecule is CC(C)(C)C(NC(=O)c1cc[nH]c(=O)c1)c1ccccc1. The summed E-state index contributed by atoms with van der Waals surface area (Å²) in [5, 5.41) is 3.03. The van der Waals surface area contributed by atoms with Gasteiger partial charge in [0.1, 0.15) is 0 Å². The Labute approximate surface area is 124 Å². The van der Waals surface area contributed by atoms with Crippen molar-refractivity contribution in [2.24, 2.45) is 5.41 Å². The Bertz CT molecular complexity index is 669. The third kappa shape index (κ3) is 3.81. The fraction of sp³-hybridized carbons (Fsp3) is 0.294. The third-order valence-corrected chi connectivity index (χ3v) is 3.31. The lowest BCUT2D eigenvalue weighted by atomic mass is 9.82. The van der Waals surface area contributed by atoms with Gasteiger partial charge in [-0.25, -0.2) is 0 Å². The van der Waals surface area contributed by atoms with Gasteiger partial charge in [0.15, 0.2) is 0 Å². The van der Waals surface area contributed by atoms with Crippen LogP contribution in [0, 0.1) is 5.41 Å². The van der Waals surface area contributed by atoms with Crippen LogP contribution in [0.4, 0.5) is 0 Å². The molecule has 0 bridgehead atoms. The maximum absolute atomic E-state index is 12.4. The zero-order valence-corrected chi connectivity index (χ0v) is 12.5. The van der Waals surface area contributed by atoms with Crippen LogP contribution in [-0.2, 0) is 0 Å². The Kier molecular flexibility index (Phi) is 4.26. The second-order valence-corrected chi connectivity index (χ2v) is 6.12. The van der Waals surface area contributed by atoms with E-state index in [1.807, 2.05) is 30.3 Å². The number of nitrogens with one attached hydrogen (secondary N) is 2. The molecule has 1 unspecified atom stereocenters. The molecular formula is C17H20N2O2. The van der Waals surface area contributed by atoms with E-state index in [-0.39, 0.29) is 22.9 Å². The summed E-state index contributed by atoms with van der Waals surface area (Å²) in [5.41, 5.74) is 0.986. The van der Waals surface area contributed by atoms with Crippen LogP contribution in [0.3, 0.4) is 0 Å². The molecular weight excluding hydrogens is 264 g/mol. The van der Waals surface area contributed by atoms with E-state index in [4.69, 9.17) is 0 Å². The van der Waals surface area contributed by atoms with Gasteiger partial charge in [0.25, 0.3) is 5.91 Å². The van der Waals surface area contributed by atoms with Crippen LogP contribution in [0.25, 0.3) is 0 Å². The van der Waals surface area contributed by atoms with Crippen LogP contribution >= 0.6 is 0 Å². The highest BCUT2D eigenvalue weighted by atomic mass is 16.2. The van der Waals surface area contributed by atoms with Gasteiger partial charge < -0.3 is 10.3 Å². The minimum Gasteiger partial charge on any atom is -0.345 e. The second-order valence-electron chi connectivity index (χ2n) is 6.12. The van der Waals surface area contributed by atoms with Crippen molar-refractivity contribution in [2.75, 3.05) is 0 Å². The molecule has 1 amide bonds. The molecule has 0 radical (unpaired) electrons. The highest BCUT2D eigenvalue weighted by Gasteiger charge is 2.28. The molecule has 0 aliphatic rings. The van der Waals surface area contributed by atoms with E-state index < -0.39 is 0 Å². The van der Waals surface area contributed by atoms with Crippen LogP contribution in [0.5, 0.6) is 0 Å². The second kappa shape index (κ2) is 5.95. The van der Waals surface area contributed by atoms with E-state index in [2.05, 4.69) is 31.1 Å². The van der Waals surface area contributed by atoms with Gasteiger partial charge in [0.2, 0.25) is 5.56 Å². The summed E-state index contributed by atoms with van der Waals surface area (Å²) in [6.45, 7) is 6.22. The highest BCUT2D eigenvalue weighted by Crippen LogP contribution is 2.32. The summed E-state index contributed by atoms with van der Waals surface area (Å²) in [4.78, 5) is 26.2. The monoisotopic (exact) mass is 284 g/mol. The summed E-state index contributed by atoms with van der Waals surface area (Å²) in [7, 11) is 0. The Balaban J connectivity index is 2.28. The van der Waals surface area contributed by atoms with E-state index in [0.717, 1.165) is 5.56 Å². The molecule has 0 aliphatic heterocycles. The standard InChI is InChI=1S/C17H20N2O2/c1-17(2,3)15(12-7-5-4-6-8-12)19-16(21)13-9-10-18-14(20)11-13/h4-11,15H,1-3H3,(H,18,20)(H,19,21). The first kappa shape index (κ1) is 15.0. The normalized spacial score (nSPS) is 12.7. The fourth-order valence-corrected chi connectivity index (χ4v) is 2.25. The molecule has 0 fully saturated rings. The van der Waals surface area contributed by atoms with Gasteiger partial charge in [-0.1, -0.05) is 51.1 Å². The zero-order chi connectivity index (χ0) is 15.5. The Morgan fingerprint density at radius 2 is 1.81 bits per heavy atom. The van der Waals surface area contributed by atoms with Crippen molar-refractivity contribution in [3.05, 3.63) is 70.1 Å². The first-order valence-electron chi connectivity index (χ1n) is 6.92. The molecule has 4 heteroatoms. The lowest BCUT2D eigenvalue weighted by Gasteiger charge is -2.32. The van der Waals surface area contributed by atoms with Crippen LogP contribution < -0.4 is 10.9 Å². The van der Waals surface area contributed by atoms with Crippen molar-refractivity contribution >= 4 is 5.91 Å². The topological polar surface area (TPSA) is 62.0 Å². The summed E-state index contributed by atoms with van der Waals surface area (Å²) < 4.78 is 0. The van der Waals surface area contributed by atoms with Gasteiger partial charge in [-0.05, 0) is 17.0 Å². The molecule has 0 saturated heterocycles. The van der Waals surface area contributed by atoms with E-state index >= 15 is 0 Å². The minimum atomic E-state index is -0.283. The van der Waals surface area contributed by atoms with Gasteiger partial charge >= 0.3 is 0 Å². The zero-order valence-electron chi connectivity index (χ0n) is 12.5. The minimum absolute atomic E-state index is 0.134. The smallest absolute Gasteiger partial charge is 0.252 e. The maximum atomic E-state index is 12.4. The average molecular weight is 284 g/mol. The number of rotatable bonds is 3. The molecule has 2 aromatic rings. The molecule has 110 valence electrons. The van der Waals surface area contributed by atoms with Crippen LogP contribution in [0.1, 0.15) is 42.7 Å². The van der Waals surface area contributed by atoms with Gasteiger partial charge in [0.05, 0.1) is 6.04 Å². The Morgan fingerprint density at radius 3 is 2.38 bits per heavy atom. The van der Waals surface area contributed by atoms with Gasteiger partial charge in [0, 0.05) is 17.8 Å². The summed E-state index contributed by atoms with van der Waals surface area (Å²) in [6.07, 6.45) is 1.48. The number of aromatic amines is 1. The molecule has 1 aromatic carbocycles. The molecule has 0 saturated carbocycles. The number of benzene rings is 1. The lowest BCUT2D eigenvalue weighted by Crippen LogP contribution is -2.37. The number of H-pyrrole nitrogens is 1. The largest absolute Gasteiger partial charge is 0.345 e. The van der Waals surface area contributed by atoms with Crippen molar-refractivity contribution in [3.63, 3.8) is 0 Å². The van der Waals surface area contributed by atoms with E-state index in [9.17, 15) is 9.59 Å².